The summed E-state index contributed by atoms with van der Waals surface area (Å²) in [5.41, 5.74) is 16.6. The molecule has 0 aromatic carbocycles. The third-order valence-electron chi connectivity index (χ3n) is 4.43. The summed E-state index contributed by atoms with van der Waals surface area (Å²) in [6.07, 6.45) is -12.8. The lowest BCUT2D eigenvalue weighted by atomic mass is 9.83. The highest BCUT2D eigenvalue weighted by Gasteiger charge is 2.51. The summed E-state index contributed by atoms with van der Waals surface area (Å²) in [6.45, 7) is -0.128. The SMILES string of the molecule is NCC1OC(OC2C(O)C(O)C(N)C(O)C2O)C(N)C(O)C1O. The van der Waals surface area contributed by atoms with Crippen LogP contribution in [-0.2, 0) is 9.47 Å². The fourth-order valence-electron chi connectivity index (χ4n) is 2.83. The van der Waals surface area contributed by atoms with Gasteiger partial charge in [-0.05, 0) is 0 Å². The van der Waals surface area contributed by atoms with Crippen LogP contribution in [0.15, 0.2) is 0 Å². The Hall–Kier alpha value is -0.440. The van der Waals surface area contributed by atoms with Gasteiger partial charge in [-0.25, -0.2) is 0 Å². The van der Waals surface area contributed by atoms with E-state index in [0.29, 0.717) is 0 Å². The Morgan fingerprint density at radius 1 is 0.739 bits per heavy atom. The van der Waals surface area contributed by atoms with E-state index in [2.05, 4.69) is 0 Å². The molecule has 2 fully saturated rings. The molecule has 1 saturated heterocycles. The monoisotopic (exact) mass is 339 g/mol. The van der Waals surface area contributed by atoms with Crippen molar-refractivity contribution < 1.29 is 40.1 Å². The minimum absolute atomic E-state index is 0.128. The van der Waals surface area contributed by atoms with Crippen LogP contribution in [0.5, 0.6) is 0 Å². The van der Waals surface area contributed by atoms with Crippen LogP contribution in [0, 0.1) is 0 Å². The van der Waals surface area contributed by atoms with Gasteiger partial charge in [-0.2, -0.15) is 0 Å². The zero-order valence-electron chi connectivity index (χ0n) is 12.3. The van der Waals surface area contributed by atoms with Crippen LogP contribution in [0.25, 0.3) is 0 Å². The predicted octanol–water partition coefficient (Wildman–Crippen LogP) is -6.11. The van der Waals surface area contributed by atoms with Gasteiger partial charge in [-0.3, -0.25) is 0 Å². The highest BCUT2D eigenvalue weighted by atomic mass is 16.7. The summed E-state index contributed by atoms with van der Waals surface area (Å²) in [6, 6.07) is -2.46. The van der Waals surface area contributed by atoms with Gasteiger partial charge in [0.15, 0.2) is 6.29 Å². The fourth-order valence-corrected chi connectivity index (χ4v) is 2.83. The standard InChI is InChI=1S/C12H25N3O8/c13-1-2-5(16)8(19)4(15)12(22-2)23-11-9(20)6(17)3(14)7(18)10(11)21/h2-12,16-21H,1,13-15H2. The van der Waals surface area contributed by atoms with E-state index >= 15 is 0 Å². The molecular weight excluding hydrogens is 314 g/mol. The second-order valence-corrected chi connectivity index (χ2v) is 5.98. The Labute approximate surface area is 132 Å². The van der Waals surface area contributed by atoms with Gasteiger partial charge in [0.25, 0.3) is 0 Å². The molecule has 23 heavy (non-hydrogen) atoms. The fraction of sp³-hybridized carbons (Fsp3) is 1.00. The molecule has 1 aliphatic heterocycles. The minimum atomic E-state index is -1.61. The molecule has 0 radical (unpaired) electrons. The number of aliphatic hydroxyl groups excluding tert-OH is 6. The molecule has 9 unspecified atom stereocenters. The molecule has 2 rings (SSSR count). The van der Waals surface area contributed by atoms with Gasteiger partial charge in [-0.15, -0.1) is 0 Å². The number of hydrogen-bond donors (Lipinski definition) is 9. The van der Waals surface area contributed by atoms with Crippen molar-refractivity contribution in [3.05, 3.63) is 0 Å². The van der Waals surface area contributed by atoms with Crippen LogP contribution >= 0.6 is 0 Å². The zero-order chi connectivity index (χ0) is 17.5. The van der Waals surface area contributed by atoms with Crippen molar-refractivity contribution in [2.75, 3.05) is 6.54 Å². The second kappa shape index (κ2) is 7.21. The average molecular weight is 339 g/mol. The molecule has 11 heteroatoms. The van der Waals surface area contributed by atoms with Gasteiger partial charge in [0.1, 0.15) is 48.8 Å². The van der Waals surface area contributed by atoms with Gasteiger partial charge in [0.05, 0.1) is 12.1 Å². The quantitative estimate of drug-likeness (QED) is 0.235. The molecule has 1 heterocycles. The maximum Gasteiger partial charge on any atom is 0.176 e. The minimum Gasteiger partial charge on any atom is -0.389 e. The third-order valence-corrected chi connectivity index (χ3v) is 4.43. The third kappa shape index (κ3) is 3.36. The number of ether oxygens (including phenoxy) is 2. The summed E-state index contributed by atoms with van der Waals surface area (Å²) in [5, 5.41) is 59.2. The molecule has 2 aliphatic rings. The summed E-state index contributed by atoms with van der Waals surface area (Å²) >= 11 is 0. The number of rotatable bonds is 3. The van der Waals surface area contributed by atoms with Crippen LogP contribution in [0.1, 0.15) is 0 Å². The van der Waals surface area contributed by atoms with Crippen LogP contribution in [0.2, 0.25) is 0 Å². The Kier molecular flexibility index (Phi) is 5.92. The molecule has 0 aromatic rings. The zero-order valence-corrected chi connectivity index (χ0v) is 12.3. The van der Waals surface area contributed by atoms with E-state index in [-0.39, 0.29) is 6.54 Å². The van der Waals surface area contributed by atoms with Gasteiger partial charge < -0.3 is 57.3 Å². The van der Waals surface area contributed by atoms with Crippen molar-refractivity contribution in [1.29, 1.82) is 0 Å². The molecule has 136 valence electrons. The average Bonchev–Trinajstić information content (AvgIpc) is 2.54. The first-order valence-corrected chi connectivity index (χ1v) is 7.31. The van der Waals surface area contributed by atoms with E-state index < -0.39 is 67.2 Å². The van der Waals surface area contributed by atoms with Crippen LogP contribution in [0.3, 0.4) is 0 Å². The van der Waals surface area contributed by atoms with Crippen molar-refractivity contribution in [2.45, 2.75) is 67.2 Å². The summed E-state index contributed by atoms with van der Waals surface area (Å²) in [7, 11) is 0. The molecule has 0 amide bonds. The smallest absolute Gasteiger partial charge is 0.176 e. The predicted molar refractivity (Wildman–Crippen MR) is 74.6 cm³/mol. The number of hydrogen-bond acceptors (Lipinski definition) is 11. The first kappa shape index (κ1) is 18.9. The molecule has 0 aromatic heterocycles. The lowest BCUT2D eigenvalue weighted by molar-refractivity contribution is -0.305. The van der Waals surface area contributed by atoms with Crippen LogP contribution in [0.4, 0.5) is 0 Å². The Bertz CT molecular complexity index is 387. The molecule has 11 nitrogen and oxygen atoms in total. The normalized spacial score (nSPS) is 54.9. The van der Waals surface area contributed by atoms with E-state index in [9.17, 15) is 30.6 Å². The lowest BCUT2D eigenvalue weighted by Gasteiger charge is -2.46. The van der Waals surface area contributed by atoms with Crippen molar-refractivity contribution in [1.82, 2.24) is 0 Å². The number of aliphatic hydroxyl groups is 6. The Morgan fingerprint density at radius 3 is 1.70 bits per heavy atom. The van der Waals surface area contributed by atoms with E-state index in [0.717, 1.165) is 0 Å². The van der Waals surface area contributed by atoms with Gasteiger partial charge in [0, 0.05) is 6.54 Å². The summed E-state index contributed by atoms with van der Waals surface area (Å²) in [4.78, 5) is 0. The highest BCUT2D eigenvalue weighted by molar-refractivity contribution is 5.02. The van der Waals surface area contributed by atoms with Crippen molar-refractivity contribution in [2.24, 2.45) is 17.2 Å². The van der Waals surface area contributed by atoms with Gasteiger partial charge >= 0.3 is 0 Å². The molecular formula is C12H25N3O8. The largest absolute Gasteiger partial charge is 0.389 e. The first-order chi connectivity index (χ1) is 10.7. The van der Waals surface area contributed by atoms with E-state index in [4.69, 9.17) is 26.7 Å². The summed E-state index contributed by atoms with van der Waals surface area (Å²) in [5.74, 6) is 0. The molecule has 12 N–H and O–H groups in total. The van der Waals surface area contributed by atoms with Crippen molar-refractivity contribution >= 4 is 0 Å². The first-order valence-electron chi connectivity index (χ1n) is 7.31. The van der Waals surface area contributed by atoms with Crippen LogP contribution < -0.4 is 17.2 Å². The van der Waals surface area contributed by atoms with Crippen LogP contribution in [-0.4, -0.2) is 104 Å². The van der Waals surface area contributed by atoms with Gasteiger partial charge in [0.2, 0.25) is 0 Å². The van der Waals surface area contributed by atoms with E-state index in [1.807, 2.05) is 0 Å². The number of nitrogens with two attached hydrogens (primary N) is 3. The molecule has 0 bridgehead atoms. The molecule has 0 spiro atoms. The lowest BCUT2D eigenvalue weighted by Crippen LogP contribution is -2.69. The maximum atomic E-state index is 9.99. The second-order valence-electron chi connectivity index (χ2n) is 5.98. The van der Waals surface area contributed by atoms with E-state index in [1.54, 1.807) is 0 Å². The maximum absolute atomic E-state index is 9.99. The topological polar surface area (TPSA) is 218 Å². The van der Waals surface area contributed by atoms with Crippen molar-refractivity contribution in [3.63, 3.8) is 0 Å². The van der Waals surface area contributed by atoms with Gasteiger partial charge in [-0.1, -0.05) is 0 Å². The molecule has 1 saturated carbocycles. The molecule has 9 atom stereocenters. The Balaban J connectivity index is 2.13. The highest BCUT2D eigenvalue weighted by Crippen LogP contribution is 2.27. The molecule has 1 aliphatic carbocycles. The Morgan fingerprint density at radius 2 is 1.22 bits per heavy atom. The van der Waals surface area contributed by atoms with E-state index in [1.165, 1.54) is 0 Å². The van der Waals surface area contributed by atoms with Crippen molar-refractivity contribution in [3.8, 4) is 0 Å². The summed E-state index contributed by atoms with van der Waals surface area (Å²) < 4.78 is 10.7.